The van der Waals surface area contributed by atoms with Gasteiger partial charge in [-0.15, -0.1) is 0 Å². The molecule has 0 bridgehead atoms. The van der Waals surface area contributed by atoms with E-state index in [0.717, 1.165) is 73.5 Å². The molecule has 2 saturated heterocycles. The van der Waals surface area contributed by atoms with E-state index >= 15 is 4.39 Å². The van der Waals surface area contributed by atoms with Crippen LogP contribution in [0.2, 0.25) is 5.02 Å². The summed E-state index contributed by atoms with van der Waals surface area (Å²) in [7, 11) is 0. The van der Waals surface area contributed by atoms with Crippen LogP contribution in [-0.2, 0) is 19.8 Å². The molecule has 0 unspecified atom stereocenters. The van der Waals surface area contributed by atoms with Crippen LogP contribution in [0.15, 0.2) is 67.0 Å². The molecule has 256 valence electrons. The molecule has 0 amide bonds. The summed E-state index contributed by atoms with van der Waals surface area (Å²) in [5.41, 5.74) is 5.41. The quantitative estimate of drug-likeness (QED) is 0.123. The molecule has 2 aliphatic rings. The van der Waals surface area contributed by atoms with Crippen molar-refractivity contribution in [3.05, 3.63) is 106 Å². The van der Waals surface area contributed by atoms with E-state index in [4.69, 9.17) is 25.8 Å². The Balaban J connectivity index is 1.17. The van der Waals surface area contributed by atoms with E-state index in [0.29, 0.717) is 34.3 Å². The van der Waals surface area contributed by atoms with Crippen LogP contribution in [0.25, 0.3) is 11.1 Å². The smallest absolute Gasteiger partial charge is 0.172 e. The Labute approximate surface area is 294 Å². The minimum absolute atomic E-state index is 0.243. The maximum absolute atomic E-state index is 15.8. The fourth-order valence-corrected chi connectivity index (χ4v) is 6.93. The summed E-state index contributed by atoms with van der Waals surface area (Å²) in [4.78, 5) is 9.02. The molecule has 0 aliphatic carbocycles. The van der Waals surface area contributed by atoms with E-state index in [-0.39, 0.29) is 24.8 Å². The summed E-state index contributed by atoms with van der Waals surface area (Å²) in [6.45, 7) is 9.03. The lowest BCUT2D eigenvalue weighted by molar-refractivity contribution is 0.214. The number of nitriles is 1. The minimum atomic E-state index is -0.352. The predicted molar refractivity (Wildman–Crippen MR) is 191 cm³/mol. The summed E-state index contributed by atoms with van der Waals surface area (Å²) in [6, 6.07) is 18.9. The number of piperidine rings is 1. The molecule has 0 saturated carbocycles. The van der Waals surface area contributed by atoms with Gasteiger partial charge in [-0.1, -0.05) is 48.4 Å². The Hall–Kier alpha value is -4.16. The van der Waals surface area contributed by atoms with Gasteiger partial charge in [0.2, 0.25) is 0 Å². The Morgan fingerprint density at radius 2 is 1.53 bits per heavy atom. The molecule has 3 heterocycles. The molecule has 0 N–H and O–H groups in total. The van der Waals surface area contributed by atoms with Gasteiger partial charge in [0.1, 0.15) is 30.8 Å². The van der Waals surface area contributed by atoms with E-state index in [1.54, 1.807) is 24.4 Å². The van der Waals surface area contributed by atoms with Gasteiger partial charge < -0.3 is 19.1 Å². The van der Waals surface area contributed by atoms with Crippen molar-refractivity contribution >= 4 is 11.6 Å². The number of rotatable bonds is 14. The summed E-state index contributed by atoms with van der Waals surface area (Å²) < 4.78 is 34.3. The fourth-order valence-electron chi connectivity index (χ4n) is 6.69. The van der Waals surface area contributed by atoms with Gasteiger partial charge in [0.15, 0.2) is 11.6 Å². The molecule has 0 radical (unpaired) electrons. The highest BCUT2D eigenvalue weighted by molar-refractivity contribution is 6.32. The topological polar surface area (TPSA) is 70.8 Å². The van der Waals surface area contributed by atoms with Crippen molar-refractivity contribution in [3.8, 4) is 34.4 Å². The minimum Gasteiger partial charge on any atom is -0.490 e. The molecule has 7 nitrogen and oxygen atoms in total. The molecule has 9 heteroatoms. The maximum atomic E-state index is 15.8. The van der Waals surface area contributed by atoms with Gasteiger partial charge in [0.05, 0.1) is 17.2 Å². The SMILES string of the molecule is Cc1c(COc2cc(OCc3cncc(C#N)c3)c(CN3CCCCC3)cc2Cl)cccc1-c1cccc(OCCCN2CCCC2)c1F. The Morgan fingerprint density at radius 1 is 0.796 bits per heavy atom. The first-order valence-electron chi connectivity index (χ1n) is 17.4. The van der Waals surface area contributed by atoms with Gasteiger partial charge in [-0.2, -0.15) is 5.26 Å². The van der Waals surface area contributed by atoms with Crippen molar-refractivity contribution in [2.45, 2.75) is 65.2 Å². The van der Waals surface area contributed by atoms with E-state index in [1.807, 2.05) is 43.3 Å². The fraction of sp³-hybridized carbons (Fsp3) is 0.400. The largest absolute Gasteiger partial charge is 0.490 e. The van der Waals surface area contributed by atoms with Crippen molar-refractivity contribution < 1.29 is 18.6 Å². The second-order valence-electron chi connectivity index (χ2n) is 13.0. The zero-order valence-electron chi connectivity index (χ0n) is 28.2. The summed E-state index contributed by atoms with van der Waals surface area (Å²) in [6.07, 6.45) is 10.2. The van der Waals surface area contributed by atoms with Crippen LogP contribution >= 0.6 is 11.6 Å². The van der Waals surface area contributed by atoms with E-state index < -0.39 is 0 Å². The van der Waals surface area contributed by atoms with Crippen LogP contribution in [0.1, 0.15) is 66.3 Å². The zero-order chi connectivity index (χ0) is 34.0. The molecule has 0 atom stereocenters. The molecular formula is C40H44ClFN4O3. The van der Waals surface area contributed by atoms with Crippen LogP contribution in [0.4, 0.5) is 4.39 Å². The number of likely N-dealkylation sites (tertiary alicyclic amines) is 2. The van der Waals surface area contributed by atoms with Gasteiger partial charge in [-0.05, 0) is 100 Å². The van der Waals surface area contributed by atoms with Gasteiger partial charge >= 0.3 is 0 Å². The predicted octanol–water partition coefficient (Wildman–Crippen LogP) is 8.73. The molecule has 6 rings (SSSR count). The van der Waals surface area contributed by atoms with Crippen molar-refractivity contribution in [2.75, 3.05) is 39.3 Å². The second kappa shape index (κ2) is 17.0. The number of pyridine rings is 1. The number of aromatic nitrogens is 1. The van der Waals surface area contributed by atoms with Gasteiger partial charge in [-0.25, -0.2) is 4.39 Å². The third-order valence-corrected chi connectivity index (χ3v) is 9.73. The van der Waals surface area contributed by atoms with Crippen LogP contribution < -0.4 is 14.2 Å². The first-order chi connectivity index (χ1) is 24.0. The number of nitrogens with zero attached hydrogens (tertiary/aromatic N) is 4. The summed E-state index contributed by atoms with van der Waals surface area (Å²) >= 11 is 6.82. The lowest BCUT2D eigenvalue weighted by atomic mass is 9.96. The van der Waals surface area contributed by atoms with E-state index in [2.05, 4.69) is 20.9 Å². The van der Waals surface area contributed by atoms with Crippen LogP contribution in [0.5, 0.6) is 17.2 Å². The molecular weight excluding hydrogens is 639 g/mol. The highest BCUT2D eigenvalue weighted by Gasteiger charge is 2.19. The number of halogens is 2. The highest BCUT2D eigenvalue weighted by atomic mass is 35.5. The molecule has 2 fully saturated rings. The van der Waals surface area contributed by atoms with Crippen LogP contribution in [0, 0.1) is 24.1 Å². The highest BCUT2D eigenvalue weighted by Crippen LogP contribution is 2.37. The normalized spacial score (nSPS) is 15.2. The lowest BCUT2D eigenvalue weighted by Crippen LogP contribution is -2.29. The van der Waals surface area contributed by atoms with Crippen LogP contribution in [0.3, 0.4) is 0 Å². The average Bonchev–Trinajstić information content (AvgIpc) is 3.65. The first kappa shape index (κ1) is 34.7. The lowest BCUT2D eigenvalue weighted by Gasteiger charge is -2.27. The van der Waals surface area contributed by atoms with Gasteiger partial charge in [-0.3, -0.25) is 9.88 Å². The third-order valence-electron chi connectivity index (χ3n) is 9.43. The first-order valence-corrected chi connectivity index (χ1v) is 17.7. The molecule has 2 aliphatic heterocycles. The summed E-state index contributed by atoms with van der Waals surface area (Å²) in [5.74, 6) is 1.11. The van der Waals surface area contributed by atoms with Gasteiger partial charge in [0, 0.05) is 48.2 Å². The monoisotopic (exact) mass is 682 g/mol. The van der Waals surface area contributed by atoms with E-state index in [9.17, 15) is 5.26 Å². The van der Waals surface area contributed by atoms with Crippen molar-refractivity contribution in [2.24, 2.45) is 0 Å². The van der Waals surface area contributed by atoms with Crippen molar-refractivity contribution in [1.82, 2.24) is 14.8 Å². The van der Waals surface area contributed by atoms with Crippen LogP contribution in [-0.4, -0.2) is 54.1 Å². The third kappa shape index (κ3) is 9.10. The number of benzene rings is 3. The molecule has 0 spiro atoms. The number of hydrogen-bond acceptors (Lipinski definition) is 7. The molecule has 49 heavy (non-hydrogen) atoms. The standard InChI is InChI=1S/C40H44ClFN4O3/c1-29-32(10-7-11-34(29)35-12-8-13-37(40(35)42)47-19-9-18-45-14-5-6-15-45)28-49-39-22-38(48-27-31-20-30(23-43)24-44-25-31)33(21-36(39)41)26-46-16-3-2-4-17-46/h7-8,10-13,20-22,24-25H,2-6,9,14-19,26-28H2,1H3. The Bertz CT molecular complexity index is 1770. The average molecular weight is 683 g/mol. The van der Waals surface area contributed by atoms with Crippen molar-refractivity contribution in [3.63, 3.8) is 0 Å². The maximum Gasteiger partial charge on any atom is 0.172 e. The van der Waals surface area contributed by atoms with Gasteiger partial charge in [0.25, 0.3) is 0 Å². The number of ether oxygens (including phenoxy) is 3. The number of hydrogen-bond donors (Lipinski definition) is 0. The molecule has 1 aromatic heterocycles. The molecule has 3 aromatic carbocycles. The Morgan fingerprint density at radius 3 is 2.35 bits per heavy atom. The zero-order valence-corrected chi connectivity index (χ0v) is 29.0. The van der Waals surface area contributed by atoms with Crippen molar-refractivity contribution in [1.29, 1.82) is 5.26 Å². The molecule has 4 aromatic rings. The summed E-state index contributed by atoms with van der Waals surface area (Å²) in [5, 5.41) is 9.80. The van der Waals surface area contributed by atoms with E-state index in [1.165, 1.54) is 38.3 Å². The second-order valence-corrected chi connectivity index (χ2v) is 13.4. The Kier molecular flexibility index (Phi) is 12.0.